The molecule has 1 aliphatic carbocycles. The van der Waals surface area contributed by atoms with Crippen molar-refractivity contribution in [3.05, 3.63) is 35.4 Å². The second kappa shape index (κ2) is 6.73. The molecule has 0 aromatic heterocycles. The van der Waals surface area contributed by atoms with E-state index in [1.807, 2.05) is 0 Å². The van der Waals surface area contributed by atoms with E-state index in [-0.39, 0.29) is 6.10 Å². The Labute approximate surface area is 122 Å². The fraction of sp³-hybridized carbons (Fsp3) is 0.667. The largest absolute Gasteiger partial charge is 0.368 e. The number of hydrogen-bond donors (Lipinski definition) is 1. The van der Waals surface area contributed by atoms with Crippen molar-refractivity contribution >= 4 is 0 Å². The maximum atomic E-state index is 6.41. The van der Waals surface area contributed by atoms with Crippen molar-refractivity contribution < 1.29 is 4.74 Å². The fourth-order valence-electron chi connectivity index (χ4n) is 3.81. The molecule has 0 amide bonds. The summed E-state index contributed by atoms with van der Waals surface area (Å²) in [7, 11) is 0. The average Bonchev–Trinajstić information content (AvgIpc) is 3.00. The molecule has 110 valence electrons. The van der Waals surface area contributed by atoms with Gasteiger partial charge in [0.25, 0.3) is 0 Å². The quantitative estimate of drug-likeness (QED) is 0.899. The smallest absolute Gasteiger partial charge is 0.0956 e. The van der Waals surface area contributed by atoms with Crippen molar-refractivity contribution in [2.45, 2.75) is 57.7 Å². The summed E-state index contributed by atoms with van der Waals surface area (Å²) in [5, 5.41) is 3.58. The molecule has 1 aromatic carbocycles. The molecule has 0 radical (unpaired) electrons. The molecule has 2 fully saturated rings. The second-order valence-electron chi connectivity index (χ2n) is 6.34. The number of hydrogen-bond acceptors (Lipinski definition) is 2. The van der Waals surface area contributed by atoms with Gasteiger partial charge in [-0.3, -0.25) is 0 Å². The molecular formula is C18H27NO. The van der Waals surface area contributed by atoms with Crippen LogP contribution in [-0.4, -0.2) is 19.2 Å². The summed E-state index contributed by atoms with van der Waals surface area (Å²) in [6.07, 6.45) is 8.65. The van der Waals surface area contributed by atoms with Gasteiger partial charge in [-0.15, -0.1) is 0 Å². The summed E-state index contributed by atoms with van der Waals surface area (Å²) in [5.41, 5.74) is 2.82. The Morgan fingerprint density at radius 1 is 1.15 bits per heavy atom. The van der Waals surface area contributed by atoms with Gasteiger partial charge in [0, 0.05) is 13.1 Å². The number of aryl methyl sites for hydroxylation is 1. The van der Waals surface area contributed by atoms with E-state index in [1.165, 1.54) is 43.2 Å². The van der Waals surface area contributed by atoms with Crippen LogP contribution in [0.5, 0.6) is 0 Å². The zero-order valence-electron chi connectivity index (χ0n) is 12.6. The third-order valence-electron chi connectivity index (χ3n) is 4.91. The van der Waals surface area contributed by atoms with Crippen LogP contribution in [0.1, 0.15) is 56.3 Å². The Morgan fingerprint density at radius 2 is 1.95 bits per heavy atom. The fourth-order valence-corrected chi connectivity index (χ4v) is 3.81. The van der Waals surface area contributed by atoms with Gasteiger partial charge in [-0.25, -0.2) is 0 Å². The minimum absolute atomic E-state index is 0.242. The molecule has 1 heterocycles. The monoisotopic (exact) mass is 273 g/mol. The van der Waals surface area contributed by atoms with Gasteiger partial charge in [0.1, 0.15) is 0 Å². The van der Waals surface area contributed by atoms with Gasteiger partial charge in [-0.05, 0) is 29.9 Å². The summed E-state index contributed by atoms with van der Waals surface area (Å²) < 4.78 is 6.41. The number of rotatable bonds is 4. The number of morpholine rings is 1. The molecule has 20 heavy (non-hydrogen) atoms. The maximum Gasteiger partial charge on any atom is 0.0956 e. The zero-order chi connectivity index (χ0) is 13.8. The summed E-state index contributed by atoms with van der Waals surface area (Å²) >= 11 is 0. The number of nitrogens with one attached hydrogen (secondary N) is 1. The van der Waals surface area contributed by atoms with Gasteiger partial charge < -0.3 is 10.1 Å². The average molecular weight is 273 g/mol. The maximum absolute atomic E-state index is 6.41. The Balaban J connectivity index is 1.65. The molecule has 1 aliphatic heterocycles. The van der Waals surface area contributed by atoms with Gasteiger partial charge >= 0.3 is 0 Å². The highest BCUT2D eigenvalue weighted by Crippen LogP contribution is 2.32. The molecule has 0 bridgehead atoms. The van der Waals surface area contributed by atoms with E-state index in [0.717, 1.165) is 25.4 Å². The third kappa shape index (κ3) is 3.24. The molecule has 2 atom stereocenters. The minimum atomic E-state index is 0.242. The summed E-state index contributed by atoms with van der Waals surface area (Å²) in [6, 6.07) is 8.75. The van der Waals surface area contributed by atoms with Crippen LogP contribution in [0.4, 0.5) is 0 Å². The summed E-state index contributed by atoms with van der Waals surface area (Å²) in [4.78, 5) is 0. The van der Waals surface area contributed by atoms with Gasteiger partial charge in [-0.1, -0.05) is 56.9 Å². The molecule has 3 rings (SSSR count). The molecule has 2 heteroatoms. The second-order valence-corrected chi connectivity index (χ2v) is 6.34. The third-order valence-corrected chi connectivity index (χ3v) is 4.91. The van der Waals surface area contributed by atoms with Crippen molar-refractivity contribution in [3.8, 4) is 0 Å². The number of benzene rings is 1. The van der Waals surface area contributed by atoms with Crippen LogP contribution in [-0.2, 0) is 11.2 Å². The van der Waals surface area contributed by atoms with Gasteiger partial charge in [-0.2, -0.15) is 0 Å². The van der Waals surface area contributed by atoms with Gasteiger partial charge in [0.15, 0.2) is 0 Å². The lowest BCUT2D eigenvalue weighted by Crippen LogP contribution is -2.41. The van der Waals surface area contributed by atoms with E-state index < -0.39 is 0 Å². The van der Waals surface area contributed by atoms with Crippen LogP contribution in [0.2, 0.25) is 0 Å². The highest BCUT2D eigenvalue weighted by Gasteiger charge is 2.27. The summed E-state index contributed by atoms with van der Waals surface area (Å²) in [6.45, 7) is 4.21. The lowest BCUT2D eigenvalue weighted by molar-refractivity contribution is -0.0492. The van der Waals surface area contributed by atoms with E-state index >= 15 is 0 Å². The first-order valence-corrected chi connectivity index (χ1v) is 8.30. The van der Waals surface area contributed by atoms with Crippen molar-refractivity contribution in [1.82, 2.24) is 5.32 Å². The highest BCUT2D eigenvalue weighted by atomic mass is 16.5. The molecule has 1 N–H and O–H groups in total. The molecule has 1 saturated carbocycles. The molecule has 1 aromatic rings. The zero-order valence-corrected chi connectivity index (χ0v) is 12.6. The lowest BCUT2D eigenvalue weighted by atomic mass is 9.96. The van der Waals surface area contributed by atoms with Crippen molar-refractivity contribution in [2.24, 2.45) is 5.92 Å². The van der Waals surface area contributed by atoms with Gasteiger partial charge in [0.2, 0.25) is 0 Å². The minimum Gasteiger partial charge on any atom is -0.368 e. The molecule has 1 saturated heterocycles. The van der Waals surface area contributed by atoms with E-state index in [1.54, 1.807) is 0 Å². The Bertz CT molecular complexity index is 425. The van der Waals surface area contributed by atoms with Crippen molar-refractivity contribution in [2.75, 3.05) is 13.1 Å². The summed E-state index contributed by atoms with van der Waals surface area (Å²) in [5.74, 6) is 0.905. The van der Waals surface area contributed by atoms with E-state index in [9.17, 15) is 0 Å². The van der Waals surface area contributed by atoms with Crippen LogP contribution in [0, 0.1) is 5.92 Å². The Morgan fingerprint density at radius 3 is 2.75 bits per heavy atom. The number of ether oxygens (including phenoxy) is 1. The predicted octanol–water partition coefficient (Wildman–Crippen LogP) is 3.86. The molecule has 2 aliphatic rings. The first kappa shape index (κ1) is 14.1. The molecular weight excluding hydrogens is 246 g/mol. The highest BCUT2D eigenvalue weighted by molar-refractivity contribution is 5.29. The normalized spacial score (nSPS) is 27.9. The Hall–Kier alpha value is -0.860. The van der Waals surface area contributed by atoms with Crippen LogP contribution in [0.15, 0.2) is 24.3 Å². The van der Waals surface area contributed by atoms with Crippen LogP contribution < -0.4 is 5.32 Å². The van der Waals surface area contributed by atoms with Crippen molar-refractivity contribution in [1.29, 1.82) is 0 Å². The Kier molecular flexibility index (Phi) is 4.74. The standard InChI is InChI=1S/C18H27NO/c1-2-15-9-5-6-10-17(15)18-13-19-12-16(20-18)11-14-7-3-4-8-14/h5-6,9-10,14,16,18-19H,2-4,7-8,11-13H2,1H3. The van der Waals surface area contributed by atoms with Gasteiger partial charge in [0.05, 0.1) is 12.2 Å². The predicted molar refractivity (Wildman–Crippen MR) is 82.9 cm³/mol. The first-order chi connectivity index (χ1) is 9.86. The molecule has 0 spiro atoms. The van der Waals surface area contributed by atoms with E-state index in [2.05, 4.69) is 36.5 Å². The lowest BCUT2D eigenvalue weighted by Gasteiger charge is -2.33. The van der Waals surface area contributed by atoms with Crippen LogP contribution >= 0.6 is 0 Å². The SMILES string of the molecule is CCc1ccccc1C1CNCC(CC2CCCC2)O1. The molecule has 2 nitrogen and oxygen atoms in total. The first-order valence-electron chi connectivity index (χ1n) is 8.30. The van der Waals surface area contributed by atoms with Crippen LogP contribution in [0.3, 0.4) is 0 Å². The topological polar surface area (TPSA) is 21.3 Å². The van der Waals surface area contributed by atoms with E-state index in [0.29, 0.717) is 6.10 Å². The van der Waals surface area contributed by atoms with E-state index in [4.69, 9.17) is 4.74 Å². The van der Waals surface area contributed by atoms with Crippen molar-refractivity contribution in [3.63, 3.8) is 0 Å². The molecule has 2 unspecified atom stereocenters. The van der Waals surface area contributed by atoms with Crippen LogP contribution in [0.25, 0.3) is 0 Å².